The molecule has 3 aliphatic heterocycles. The number of amides is 1. The lowest BCUT2D eigenvalue weighted by atomic mass is 9.96. The predicted octanol–water partition coefficient (Wildman–Crippen LogP) is 0.687. The number of aryl methyl sites for hydroxylation is 1. The highest BCUT2D eigenvalue weighted by atomic mass is 16.5. The molecule has 7 heteroatoms. The number of morpholine rings is 1. The molecule has 7 nitrogen and oxygen atoms in total. The zero-order valence-corrected chi connectivity index (χ0v) is 14.9. The summed E-state index contributed by atoms with van der Waals surface area (Å²) in [6.07, 6.45) is 6.30. The Morgan fingerprint density at radius 2 is 1.84 bits per heavy atom. The summed E-state index contributed by atoms with van der Waals surface area (Å²) in [5, 5.41) is 0. The zero-order chi connectivity index (χ0) is 17.2. The van der Waals surface area contributed by atoms with Gasteiger partial charge in [-0.05, 0) is 25.3 Å². The van der Waals surface area contributed by atoms with E-state index in [1.165, 1.54) is 0 Å². The van der Waals surface area contributed by atoms with Crippen molar-refractivity contribution in [2.75, 3.05) is 50.8 Å². The Labute approximate surface area is 149 Å². The molecular formula is C18H27N5O2. The van der Waals surface area contributed by atoms with E-state index in [1.54, 1.807) is 0 Å². The quantitative estimate of drug-likeness (QED) is 0.800. The predicted molar refractivity (Wildman–Crippen MR) is 94.5 cm³/mol. The van der Waals surface area contributed by atoms with Crippen molar-refractivity contribution >= 4 is 11.9 Å². The number of aromatic nitrogens is 2. The third-order valence-electron chi connectivity index (χ3n) is 5.67. The maximum Gasteiger partial charge on any atom is 0.225 e. The van der Waals surface area contributed by atoms with Crippen molar-refractivity contribution in [3.63, 3.8) is 0 Å². The van der Waals surface area contributed by atoms with Crippen LogP contribution in [-0.2, 0) is 9.53 Å². The van der Waals surface area contributed by atoms with E-state index >= 15 is 0 Å². The molecule has 0 spiro atoms. The number of nitrogens with zero attached hydrogens (tertiary/aromatic N) is 5. The minimum atomic E-state index is 0.298. The number of ether oxygens (including phenoxy) is 1. The van der Waals surface area contributed by atoms with Crippen LogP contribution in [0.5, 0.6) is 0 Å². The highest BCUT2D eigenvalue weighted by Gasteiger charge is 2.43. The lowest BCUT2D eigenvalue weighted by molar-refractivity contribution is -0.136. The van der Waals surface area contributed by atoms with Gasteiger partial charge in [0.15, 0.2) is 0 Å². The van der Waals surface area contributed by atoms with Crippen LogP contribution in [0.2, 0.25) is 0 Å². The van der Waals surface area contributed by atoms with Crippen LogP contribution in [-0.4, -0.2) is 83.7 Å². The van der Waals surface area contributed by atoms with Crippen molar-refractivity contribution < 1.29 is 9.53 Å². The maximum atomic E-state index is 12.5. The van der Waals surface area contributed by atoms with Gasteiger partial charge in [-0.15, -0.1) is 0 Å². The van der Waals surface area contributed by atoms with E-state index in [9.17, 15) is 4.79 Å². The summed E-state index contributed by atoms with van der Waals surface area (Å²) in [5.41, 5.74) is 1.07. The number of likely N-dealkylation sites (tertiary alicyclic amines) is 1. The van der Waals surface area contributed by atoms with Gasteiger partial charge in [0.2, 0.25) is 11.9 Å². The third kappa shape index (κ3) is 3.48. The number of carbonyl (C=O) groups is 1. The van der Waals surface area contributed by atoms with E-state index in [0.29, 0.717) is 24.4 Å². The van der Waals surface area contributed by atoms with Gasteiger partial charge in [0.05, 0.1) is 25.3 Å². The minimum absolute atomic E-state index is 0.298. The fraction of sp³-hybridized carbons (Fsp3) is 0.722. The molecule has 1 amide bonds. The first-order valence-corrected chi connectivity index (χ1v) is 9.37. The summed E-state index contributed by atoms with van der Waals surface area (Å²) >= 11 is 0. The lowest BCUT2D eigenvalue weighted by Gasteiger charge is -2.40. The van der Waals surface area contributed by atoms with Crippen LogP contribution in [0.15, 0.2) is 12.4 Å². The van der Waals surface area contributed by atoms with E-state index in [4.69, 9.17) is 4.74 Å². The molecule has 3 fully saturated rings. The number of anilines is 1. The molecule has 4 heterocycles. The summed E-state index contributed by atoms with van der Waals surface area (Å²) in [5.74, 6) is 1.11. The van der Waals surface area contributed by atoms with Gasteiger partial charge in [-0.2, -0.15) is 0 Å². The van der Waals surface area contributed by atoms with Crippen LogP contribution in [0.25, 0.3) is 0 Å². The van der Waals surface area contributed by atoms with Gasteiger partial charge in [0, 0.05) is 51.5 Å². The first kappa shape index (κ1) is 16.7. The molecule has 0 saturated carbocycles. The molecule has 1 aromatic rings. The fourth-order valence-electron chi connectivity index (χ4n) is 4.30. The maximum absolute atomic E-state index is 12.5. The van der Waals surface area contributed by atoms with Crippen LogP contribution in [0.1, 0.15) is 24.8 Å². The highest BCUT2D eigenvalue weighted by molar-refractivity contribution is 5.78. The number of hydrogen-bond donors (Lipinski definition) is 0. The van der Waals surface area contributed by atoms with Crippen LogP contribution in [0, 0.1) is 6.92 Å². The molecule has 25 heavy (non-hydrogen) atoms. The largest absolute Gasteiger partial charge is 0.379 e. The second-order valence-electron chi connectivity index (χ2n) is 7.26. The molecule has 0 aliphatic carbocycles. The minimum Gasteiger partial charge on any atom is -0.379 e. The zero-order valence-electron chi connectivity index (χ0n) is 14.9. The Hall–Kier alpha value is -1.73. The molecule has 0 bridgehead atoms. The smallest absolute Gasteiger partial charge is 0.225 e. The van der Waals surface area contributed by atoms with E-state index < -0.39 is 0 Å². The van der Waals surface area contributed by atoms with Gasteiger partial charge in [-0.3, -0.25) is 9.69 Å². The normalized spacial score (nSPS) is 27.6. The molecular weight excluding hydrogens is 318 g/mol. The fourth-order valence-corrected chi connectivity index (χ4v) is 4.30. The Bertz CT molecular complexity index is 602. The molecule has 1 aromatic heterocycles. The van der Waals surface area contributed by atoms with Crippen molar-refractivity contribution in [2.45, 2.75) is 38.3 Å². The van der Waals surface area contributed by atoms with Crippen molar-refractivity contribution in [2.24, 2.45) is 0 Å². The van der Waals surface area contributed by atoms with Crippen LogP contribution < -0.4 is 4.90 Å². The second kappa shape index (κ2) is 7.25. The monoisotopic (exact) mass is 345 g/mol. The molecule has 3 saturated heterocycles. The van der Waals surface area contributed by atoms with Crippen molar-refractivity contribution in [3.8, 4) is 0 Å². The molecule has 0 N–H and O–H groups in total. The molecule has 3 aliphatic rings. The van der Waals surface area contributed by atoms with Gasteiger partial charge in [0.25, 0.3) is 0 Å². The number of hydrogen-bond acceptors (Lipinski definition) is 6. The number of rotatable bonds is 4. The molecule has 136 valence electrons. The standard InChI is InChI=1S/C18H27N5O2/c1-14-12-19-18(20-13-14)23-5-4-16-15(23)2-3-17(24)22(16)7-6-21-8-10-25-11-9-21/h12-13,15-16H,2-11H2,1H3/t15-,16-/m0/s1. The van der Waals surface area contributed by atoms with Gasteiger partial charge < -0.3 is 14.5 Å². The molecule has 0 aromatic carbocycles. The lowest BCUT2D eigenvalue weighted by Crippen LogP contribution is -2.54. The van der Waals surface area contributed by atoms with E-state index in [1.807, 2.05) is 19.3 Å². The highest BCUT2D eigenvalue weighted by Crippen LogP contribution is 2.33. The van der Waals surface area contributed by atoms with Crippen LogP contribution in [0.4, 0.5) is 5.95 Å². The summed E-state index contributed by atoms with van der Waals surface area (Å²) in [7, 11) is 0. The van der Waals surface area contributed by atoms with Crippen molar-refractivity contribution in [1.29, 1.82) is 0 Å². The molecule has 0 unspecified atom stereocenters. The molecule has 0 radical (unpaired) electrons. The Balaban J connectivity index is 1.42. The van der Waals surface area contributed by atoms with E-state index in [-0.39, 0.29) is 0 Å². The number of fused-ring (bicyclic) bond motifs is 1. The molecule has 2 atom stereocenters. The van der Waals surface area contributed by atoms with Crippen molar-refractivity contribution in [1.82, 2.24) is 19.8 Å². The Kier molecular flexibility index (Phi) is 4.85. The topological polar surface area (TPSA) is 61.8 Å². The summed E-state index contributed by atoms with van der Waals surface area (Å²) in [6, 6.07) is 0.650. The first-order chi connectivity index (χ1) is 12.2. The third-order valence-corrected chi connectivity index (χ3v) is 5.67. The number of carbonyl (C=O) groups excluding carboxylic acids is 1. The van der Waals surface area contributed by atoms with Crippen LogP contribution >= 0.6 is 0 Å². The van der Waals surface area contributed by atoms with Gasteiger partial charge in [-0.25, -0.2) is 9.97 Å². The first-order valence-electron chi connectivity index (χ1n) is 9.37. The molecule has 4 rings (SSSR count). The Morgan fingerprint density at radius 3 is 2.60 bits per heavy atom. The van der Waals surface area contributed by atoms with E-state index in [2.05, 4.69) is 24.7 Å². The van der Waals surface area contributed by atoms with Crippen molar-refractivity contribution in [3.05, 3.63) is 18.0 Å². The van der Waals surface area contributed by atoms with Gasteiger partial charge >= 0.3 is 0 Å². The average Bonchev–Trinajstić information content (AvgIpc) is 3.06. The number of piperidine rings is 1. The summed E-state index contributed by atoms with van der Waals surface area (Å²) in [6.45, 7) is 8.25. The Morgan fingerprint density at radius 1 is 1.08 bits per heavy atom. The van der Waals surface area contributed by atoms with Crippen LogP contribution in [0.3, 0.4) is 0 Å². The van der Waals surface area contributed by atoms with Gasteiger partial charge in [0.1, 0.15) is 0 Å². The second-order valence-corrected chi connectivity index (χ2v) is 7.26. The van der Waals surface area contributed by atoms with Gasteiger partial charge in [-0.1, -0.05) is 0 Å². The summed E-state index contributed by atoms with van der Waals surface area (Å²) < 4.78 is 5.41. The van der Waals surface area contributed by atoms with E-state index in [0.717, 1.165) is 70.3 Å². The SMILES string of the molecule is Cc1cnc(N2CC[C@H]3[C@@H]2CCC(=O)N3CCN2CCOCC2)nc1. The average molecular weight is 345 g/mol. The summed E-state index contributed by atoms with van der Waals surface area (Å²) in [4.78, 5) is 28.4.